The maximum atomic E-state index is 11.1. The van der Waals surface area contributed by atoms with E-state index in [4.69, 9.17) is 9.84 Å². The SMILES string of the molecule is COc1ccccc1CNc1ccc(C)c(C(=O)O)c1. The number of methoxy groups -OCH3 is 1. The van der Waals surface area contributed by atoms with Crippen LogP contribution in [0, 0.1) is 6.92 Å². The summed E-state index contributed by atoms with van der Waals surface area (Å²) in [5.41, 5.74) is 2.86. The number of aromatic carboxylic acids is 1. The first-order valence-corrected chi connectivity index (χ1v) is 6.31. The highest BCUT2D eigenvalue weighted by Gasteiger charge is 2.08. The fraction of sp³-hybridized carbons (Fsp3) is 0.188. The van der Waals surface area contributed by atoms with Gasteiger partial charge in [0, 0.05) is 17.8 Å². The number of ether oxygens (including phenoxy) is 1. The Morgan fingerprint density at radius 2 is 2.00 bits per heavy atom. The number of aryl methyl sites for hydroxylation is 1. The summed E-state index contributed by atoms with van der Waals surface area (Å²) < 4.78 is 5.28. The molecule has 104 valence electrons. The minimum atomic E-state index is -0.913. The Bertz CT molecular complexity index is 623. The Labute approximate surface area is 118 Å². The van der Waals surface area contributed by atoms with Crippen molar-refractivity contribution in [2.75, 3.05) is 12.4 Å². The second-order valence-electron chi connectivity index (χ2n) is 4.50. The van der Waals surface area contributed by atoms with Gasteiger partial charge in [-0.3, -0.25) is 0 Å². The smallest absolute Gasteiger partial charge is 0.336 e. The van der Waals surface area contributed by atoms with E-state index in [2.05, 4.69) is 5.32 Å². The first-order chi connectivity index (χ1) is 9.61. The van der Waals surface area contributed by atoms with Crippen molar-refractivity contribution < 1.29 is 14.6 Å². The summed E-state index contributed by atoms with van der Waals surface area (Å²) >= 11 is 0. The molecule has 0 aliphatic rings. The summed E-state index contributed by atoms with van der Waals surface area (Å²) in [6.45, 7) is 2.36. The van der Waals surface area contributed by atoms with E-state index in [1.54, 1.807) is 26.2 Å². The van der Waals surface area contributed by atoms with Crippen LogP contribution in [0.5, 0.6) is 5.75 Å². The Morgan fingerprint density at radius 3 is 2.70 bits per heavy atom. The molecule has 0 atom stereocenters. The van der Waals surface area contributed by atoms with Gasteiger partial charge in [-0.1, -0.05) is 24.3 Å². The predicted molar refractivity (Wildman–Crippen MR) is 78.5 cm³/mol. The number of carbonyl (C=O) groups is 1. The minimum Gasteiger partial charge on any atom is -0.496 e. The Balaban J connectivity index is 2.15. The van der Waals surface area contributed by atoms with Crippen molar-refractivity contribution in [1.29, 1.82) is 0 Å². The van der Waals surface area contributed by atoms with E-state index in [0.717, 1.165) is 22.6 Å². The molecular formula is C16H17NO3. The van der Waals surface area contributed by atoms with Gasteiger partial charge in [0.1, 0.15) is 5.75 Å². The number of hydrogen-bond donors (Lipinski definition) is 2. The normalized spacial score (nSPS) is 10.1. The molecule has 20 heavy (non-hydrogen) atoms. The molecule has 2 aromatic rings. The zero-order valence-corrected chi connectivity index (χ0v) is 11.5. The topological polar surface area (TPSA) is 58.6 Å². The van der Waals surface area contributed by atoms with Crippen molar-refractivity contribution in [1.82, 2.24) is 0 Å². The fourth-order valence-corrected chi connectivity index (χ4v) is 2.01. The van der Waals surface area contributed by atoms with Crippen molar-refractivity contribution in [3.63, 3.8) is 0 Å². The molecule has 0 aliphatic heterocycles. The summed E-state index contributed by atoms with van der Waals surface area (Å²) in [7, 11) is 1.63. The monoisotopic (exact) mass is 271 g/mol. The van der Waals surface area contributed by atoms with Gasteiger partial charge in [-0.25, -0.2) is 4.79 Å². The summed E-state index contributed by atoms with van der Waals surface area (Å²) in [6.07, 6.45) is 0. The lowest BCUT2D eigenvalue weighted by Crippen LogP contribution is -2.04. The Morgan fingerprint density at radius 1 is 1.25 bits per heavy atom. The van der Waals surface area contributed by atoms with Crippen LogP contribution in [0.2, 0.25) is 0 Å². The van der Waals surface area contributed by atoms with Gasteiger partial charge in [0.05, 0.1) is 12.7 Å². The summed E-state index contributed by atoms with van der Waals surface area (Å²) in [5.74, 6) is -0.103. The number of anilines is 1. The number of nitrogens with one attached hydrogen (secondary N) is 1. The van der Waals surface area contributed by atoms with Crippen molar-refractivity contribution in [2.24, 2.45) is 0 Å². The van der Waals surface area contributed by atoms with Gasteiger partial charge in [-0.05, 0) is 30.7 Å². The van der Waals surface area contributed by atoms with Crippen LogP contribution >= 0.6 is 0 Å². The Kier molecular flexibility index (Phi) is 4.25. The van der Waals surface area contributed by atoms with Gasteiger partial charge in [-0.15, -0.1) is 0 Å². The summed E-state index contributed by atoms with van der Waals surface area (Å²) in [4.78, 5) is 11.1. The van der Waals surface area contributed by atoms with Crippen molar-refractivity contribution in [3.8, 4) is 5.75 Å². The lowest BCUT2D eigenvalue weighted by molar-refractivity contribution is 0.0696. The van der Waals surface area contributed by atoms with E-state index < -0.39 is 5.97 Å². The molecule has 0 fully saturated rings. The lowest BCUT2D eigenvalue weighted by atomic mass is 10.1. The zero-order chi connectivity index (χ0) is 14.5. The second kappa shape index (κ2) is 6.10. The number of rotatable bonds is 5. The van der Waals surface area contributed by atoms with Crippen molar-refractivity contribution in [2.45, 2.75) is 13.5 Å². The van der Waals surface area contributed by atoms with Crippen molar-refractivity contribution in [3.05, 3.63) is 59.2 Å². The molecule has 2 N–H and O–H groups in total. The molecule has 2 rings (SSSR count). The van der Waals surface area contributed by atoms with E-state index in [9.17, 15) is 4.79 Å². The van der Waals surface area contributed by atoms with Gasteiger partial charge in [0.15, 0.2) is 0 Å². The molecule has 0 saturated heterocycles. The van der Waals surface area contributed by atoms with Gasteiger partial charge in [0.2, 0.25) is 0 Å². The maximum Gasteiger partial charge on any atom is 0.336 e. The van der Waals surface area contributed by atoms with Crippen LogP contribution in [0.25, 0.3) is 0 Å². The molecule has 4 heteroatoms. The third kappa shape index (κ3) is 3.09. The van der Waals surface area contributed by atoms with E-state index in [1.165, 1.54) is 0 Å². The van der Waals surface area contributed by atoms with Gasteiger partial charge < -0.3 is 15.2 Å². The van der Waals surface area contributed by atoms with E-state index >= 15 is 0 Å². The van der Waals surface area contributed by atoms with Crippen LogP contribution in [0.1, 0.15) is 21.5 Å². The first-order valence-electron chi connectivity index (χ1n) is 6.31. The summed E-state index contributed by atoms with van der Waals surface area (Å²) in [6, 6.07) is 13.0. The molecule has 0 amide bonds. The molecule has 0 heterocycles. The molecule has 0 unspecified atom stereocenters. The minimum absolute atomic E-state index is 0.315. The average molecular weight is 271 g/mol. The highest BCUT2D eigenvalue weighted by Crippen LogP contribution is 2.20. The molecule has 0 bridgehead atoms. The van der Waals surface area contributed by atoms with Crippen LogP contribution in [0.15, 0.2) is 42.5 Å². The van der Waals surface area contributed by atoms with Crippen LogP contribution in [-0.4, -0.2) is 18.2 Å². The second-order valence-corrected chi connectivity index (χ2v) is 4.50. The number of hydrogen-bond acceptors (Lipinski definition) is 3. The molecule has 0 aromatic heterocycles. The third-order valence-electron chi connectivity index (χ3n) is 3.14. The Hall–Kier alpha value is -2.49. The standard InChI is InChI=1S/C16H17NO3/c1-11-7-8-13(9-14(11)16(18)19)17-10-12-5-3-4-6-15(12)20-2/h3-9,17H,10H2,1-2H3,(H,18,19). The largest absolute Gasteiger partial charge is 0.496 e. The van der Waals surface area contributed by atoms with Crippen LogP contribution in [-0.2, 0) is 6.54 Å². The third-order valence-corrected chi connectivity index (χ3v) is 3.14. The van der Waals surface area contributed by atoms with Gasteiger partial charge in [-0.2, -0.15) is 0 Å². The zero-order valence-electron chi connectivity index (χ0n) is 11.5. The molecular weight excluding hydrogens is 254 g/mol. The molecule has 0 aliphatic carbocycles. The van der Waals surface area contributed by atoms with Crippen LogP contribution in [0.3, 0.4) is 0 Å². The van der Waals surface area contributed by atoms with Gasteiger partial charge >= 0.3 is 5.97 Å². The predicted octanol–water partition coefficient (Wildman–Crippen LogP) is 3.31. The van der Waals surface area contributed by atoms with Crippen LogP contribution in [0.4, 0.5) is 5.69 Å². The van der Waals surface area contributed by atoms with Crippen molar-refractivity contribution >= 4 is 11.7 Å². The number of para-hydroxylation sites is 1. The first kappa shape index (κ1) is 13.9. The van der Waals surface area contributed by atoms with Gasteiger partial charge in [0.25, 0.3) is 0 Å². The quantitative estimate of drug-likeness (QED) is 0.876. The van der Waals surface area contributed by atoms with E-state index in [1.807, 2.05) is 30.3 Å². The average Bonchev–Trinajstić information content (AvgIpc) is 2.46. The highest BCUT2D eigenvalue weighted by atomic mass is 16.5. The van der Waals surface area contributed by atoms with E-state index in [0.29, 0.717) is 12.1 Å². The molecule has 0 saturated carbocycles. The number of carboxylic acid groups (broad SMARTS) is 1. The molecule has 0 radical (unpaired) electrons. The summed E-state index contributed by atoms with van der Waals surface area (Å²) in [5, 5.41) is 12.3. The molecule has 0 spiro atoms. The molecule has 2 aromatic carbocycles. The fourth-order valence-electron chi connectivity index (χ4n) is 2.01. The molecule has 4 nitrogen and oxygen atoms in total. The maximum absolute atomic E-state index is 11.1. The van der Waals surface area contributed by atoms with E-state index in [-0.39, 0.29) is 0 Å². The van der Waals surface area contributed by atoms with Crippen LogP contribution < -0.4 is 10.1 Å². The number of benzene rings is 2. The lowest BCUT2D eigenvalue weighted by Gasteiger charge is -2.11. The number of carboxylic acids is 1. The highest BCUT2D eigenvalue weighted by molar-refractivity contribution is 5.90.